The molecule has 0 spiro atoms. The van der Waals surface area contributed by atoms with Gasteiger partial charge in [-0.05, 0) is 45.0 Å². The first kappa shape index (κ1) is 25.0. The van der Waals surface area contributed by atoms with Crippen LogP contribution in [0.2, 0.25) is 0 Å². The number of para-hydroxylation sites is 1. The molecule has 26 heavy (non-hydrogen) atoms. The van der Waals surface area contributed by atoms with E-state index < -0.39 is 14.6 Å². The number of nitrogens with zero attached hydrogens (tertiary/aromatic N) is 1. The summed E-state index contributed by atoms with van der Waals surface area (Å²) in [7, 11) is -1.51. The number of carbonyl (C=O) groups excluding carboxylic acids is 1. The van der Waals surface area contributed by atoms with Crippen LogP contribution < -0.4 is 15.5 Å². The van der Waals surface area contributed by atoms with Crippen molar-refractivity contribution in [2.24, 2.45) is 0 Å². The van der Waals surface area contributed by atoms with E-state index in [1.807, 2.05) is 44.3 Å². The lowest BCUT2D eigenvalue weighted by molar-refractivity contribution is -0.124. The zero-order valence-corrected chi connectivity index (χ0v) is 17.8. The van der Waals surface area contributed by atoms with Gasteiger partial charge in [-0.25, -0.2) is 8.42 Å². The van der Waals surface area contributed by atoms with E-state index in [4.69, 9.17) is 0 Å². The van der Waals surface area contributed by atoms with E-state index in [-0.39, 0.29) is 36.8 Å². The van der Waals surface area contributed by atoms with Crippen molar-refractivity contribution in [1.82, 2.24) is 10.6 Å². The Labute approximate surface area is 168 Å². The maximum atomic E-state index is 12.7. The molecule has 2 rings (SSSR count). The maximum absolute atomic E-state index is 12.7. The summed E-state index contributed by atoms with van der Waals surface area (Å²) in [5.41, 5.74) is 1.05. The van der Waals surface area contributed by atoms with Gasteiger partial charge in [-0.1, -0.05) is 18.2 Å². The van der Waals surface area contributed by atoms with Gasteiger partial charge in [0.25, 0.3) is 0 Å². The molecular weight excluding hydrogens is 397 g/mol. The van der Waals surface area contributed by atoms with E-state index >= 15 is 0 Å². The zero-order valence-electron chi connectivity index (χ0n) is 15.4. The van der Waals surface area contributed by atoms with Gasteiger partial charge in [0.1, 0.15) is 0 Å². The number of hydrogen-bond donors (Lipinski definition) is 2. The van der Waals surface area contributed by atoms with Gasteiger partial charge < -0.3 is 15.5 Å². The highest BCUT2D eigenvalue weighted by Crippen LogP contribution is 2.28. The molecule has 1 amide bonds. The number of piperidine rings is 1. The molecule has 1 heterocycles. The Morgan fingerprint density at radius 3 is 2.27 bits per heavy atom. The van der Waals surface area contributed by atoms with Crippen LogP contribution in [0, 0.1) is 0 Å². The lowest BCUT2D eigenvalue weighted by Crippen LogP contribution is -2.58. The zero-order chi connectivity index (χ0) is 17.8. The van der Waals surface area contributed by atoms with Crippen LogP contribution in [0.4, 0.5) is 5.69 Å². The first-order chi connectivity index (χ1) is 11.3. The standard InChI is InChI=1S/C17H27N3O3S.2ClH/c1-14(20(2)15-7-5-4-6-8-15)13-19-16(21)17(24(3,22)23)9-11-18-12-10-17;;/h4-8,14,18H,9-13H2,1-3H3,(H,19,21);2*1H. The second kappa shape index (κ2) is 10.3. The SMILES string of the molecule is CC(CNC(=O)C1(S(C)(=O)=O)CCNCC1)N(C)c1ccccc1.Cl.Cl. The van der Waals surface area contributed by atoms with Crippen molar-refractivity contribution in [2.75, 3.05) is 37.8 Å². The number of halogens is 2. The highest BCUT2D eigenvalue weighted by molar-refractivity contribution is 7.92. The molecule has 1 aliphatic rings. The monoisotopic (exact) mass is 425 g/mol. The van der Waals surface area contributed by atoms with Crippen molar-refractivity contribution in [2.45, 2.75) is 30.6 Å². The highest BCUT2D eigenvalue weighted by atomic mass is 35.5. The number of rotatable bonds is 6. The van der Waals surface area contributed by atoms with Crippen molar-refractivity contribution in [3.8, 4) is 0 Å². The van der Waals surface area contributed by atoms with Gasteiger partial charge in [0, 0.05) is 31.6 Å². The highest BCUT2D eigenvalue weighted by Gasteiger charge is 2.48. The van der Waals surface area contributed by atoms with Crippen molar-refractivity contribution < 1.29 is 13.2 Å². The van der Waals surface area contributed by atoms with Crippen LogP contribution in [-0.2, 0) is 14.6 Å². The van der Waals surface area contributed by atoms with Gasteiger partial charge in [0.05, 0.1) is 0 Å². The molecule has 0 radical (unpaired) electrons. The van der Waals surface area contributed by atoms with Gasteiger partial charge in [-0.15, -0.1) is 24.8 Å². The second-order valence-corrected chi connectivity index (χ2v) is 8.85. The fourth-order valence-corrected chi connectivity index (χ4v) is 4.41. The lowest BCUT2D eigenvalue weighted by atomic mass is 9.95. The topological polar surface area (TPSA) is 78.5 Å². The molecular formula is C17H29Cl2N3O3S. The average molecular weight is 426 g/mol. The number of likely N-dealkylation sites (N-methyl/N-ethyl adjacent to an activating group) is 1. The van der Waals surface area contributed by atoms with E-state index in [0.717, 1.165) is 11.9 Å². The molecule has 1 atom stereocenters. The number of sulfone groups is 1. The summed E-state index contributed by atoms with van der Waals surface area (Å²) >= 11 is 0. The first-order valence-corrected chi connectivity index (χ1v) is 10.1. The molecule has 0 saturated carbocycles. The fourth-order valence-electron chi connectivity index (χ4n) is 3.05. The van der Waals surface area contributed by atoms with Gasteiger partial charge in [-0.2, -0.15) is 0 Å². The second-order valence-electron chi connectivity index (χ2n) is 6.52. The summed E-state index contributed by atoms with van der Waals surface area (Å²) < 4.78 is 23.2. The van der Waals surface area contributed by atoms with E-state index in [2.05, 4.69) is 15.5 Å². The van der Waals surface area contributed by atoms with Crippen LogP contribution in [0.3, 0.4) is 0 Å². The number of carbonyl (C=O) groups is 1. The Bertz CT molecular complexity index is 665. The quantitative estimate of drug-likeness (QED) is 0.723. The summed E-state index contributed by atoms with van der Waals surface area (Å²) in [5, 5.41) is 5.98. The molecule has 0 aromatic heterocycles. The third kappa shape index (κ3) is 5.49. The predicted octanol–water partition coefficient (Wildman–Crippen LogP) is 1.64. The van der Waals surface area contributed by atoms with Crippen molar-refractivity contribution >= 4 is 46.2 Å². The van der Waals surface area contributed by atoms with E-state index in [9.17, 15) is 13.2 Å². The third-order valence-corrected chi connectivity index (χ3v) is 6.93. The van der Waals surface area contributed by atoms with Crippen LogP contribution >= 0.6 is 24.8 Å². The molecule has 1 unspecified atom stereocenters. The van der Waals surface area contributed by atoms with Crippen LogP contribution in [-0.4, -0.2) is 58.1 Å². The number of amides is 1. The molecule has 9 heteroatoms. The summed E-state index contributed by atoms with van der Waals surface area (Å²) in [6.45, 7) is 3.48. The largest absolute Gasteiger partial charge is 0.370 e. The number of hydrogen-bond acceptors (Lipinski definition) is 5. The van der Waals surface area contributed by atoms with Crippen LogP contribution in [0.15, 0.2) is 30.3 Å². The molecule has 1 fully saturated rings. The summed E-state index contributed by atoms with van der Waals surface area (Å²) in [6.07, 6.45) is 1.80. The molecule has 1 aliphatic heterocycles. The van der Waals surface area contributed by atoms with Gasteiger partial charge in [0.15, 0.2) is 14.6 Å². The van der Waals surface area contributed by atoms with Gasteiger partial charge >= 0.3 is 0 Å². The summed E-state index contributed by atoms with van der Waals surface area (Å²) in [6, 6.07) is 9.94. The smallest absolute Gasteiger partial charge is 0.241 e. The predicted molar refractivity (Wildman–Crippen MR) is 111 cm³/mol. The number of nitrogens with one attached hydrogen (secondary N) is 2. The van der Waals surface area contributed by atoms with Crippen molar-refractivity contribution in [3.63, 3.8) is 0 Å². The molecule has 1 aromatic rings. The van der Waals surface area contributed by atoms with Crippen LogP contribution in [0.5, 0.6) is 0 Å². The summed E-state index contributed by atoms with van der Waals surface area (Å²) in [5.74, 6) is -0.375. The van der Waals surface area contributed by atoms with E-state index in [1.54, 1.807) is 0 Å². The molecule has 6 nitrogen and oxygen atoms in total. The van der Waals surface area contributed by atoms with Crippen molar-refractivity contribution in [3.05, 3.63) is 30.3 Å². The van der Waals surface area contributed by atoms with Crippen LogP contribution in [0.1, 0.15) is 19.8 Å². The first-order valence-electron chi connectivity index (χ1n) is 8.24. The Hall–Kier alpha value is -1.02. The minimum absolute atomic E-state index is 0. The molecule has 2 N–H and O–H groups in total. The Balaban J connectivity index is 0.00000312. The molecule has 1 saturated heterocycles. The molecule has 150 valence electrons. The van der Waals surface area contributed by atoms with Crippen LogP contribution in [0.25, 0.3) is 0 Å². The Morgan fingerprint density at radius 1 is 1.23 bits per heavy atom. The molecule has 0 bridgehead atoms. The number of anilines is 1. The Morgan fingerprint density at radius 2 is 1.77 bits per heavy atom. The number of benzene rings is 1. The maximum Gasteiger partial charge on any atom is 0.241 e. The van der Waals surface area contributed by atoms with Gasteiger partial charge in [-0.3, -0.25) is 4.79 Å². The lowest BCUT2D eigenvalue weighted by Gasteiger charge is -2.35. The van der Waals surface area contributed by atoms with E-state index in [0.29, 0.717) is 32.5 Å². The Kier molecular flexibility index (Phi) is 9.94. The average Bonchev–Trinajstić information content (AvgIpc) is 2.59. The summed E-state index contributed by atoms with van der Waals surface area (Å²) in [4.78, 5) is 14.8. The minimum atomic E-state index is -3.47. The molecule has 1 aromatic carbocycles. The molecule has 0 aliphatic carbocycles. The normalized spacial score (nSPS) is 17.2. The van der Waals surface area contributed by atoms with Gasteiger partial charge in [0.2, 0.25) is 5.91 Å². The van der Waals surface area contributed by atoms with E-state index in [1.165, 1.54) is 0 Å². The fraction of sp³-hybridized carbons (Fsp3) is 0.588. The van der Waals surface area contributed by atoms with Crippen molar-refractivity contribution in [1.29, 1.82) is 0 Å². The third-order valence-electron chi connectivity index (χ3n) is 4.92. The minimum Gasteiger partial charge on any atom is -0.370 e.